The molecule has 2 aromatic heterocycles. The highest BCUT2D eigenvalue weighted by Crippen LogP contribution is 2.27. The van der Waals surface area contributed by atoms with Gasteiger partial charge in [0.2, 0.25) is 0 Å². The summed E-state index contributed by atoms with van der Waals surface area (Å²) >= 11 is 0. The van der Waals surface area contributed by atoms with Gasteiger partial charge in [0.1, 0.15) is 5.65 Å². The van der Waals surface area contributed by atoms with Gasteiger partial charge in [0.15, 0.2) is 0 Å². The average Bonchev–Trinajstić information content (AvgIpc) is 2.82. The summed E-state index contributed by atoms with van der Waals surface area (Å²) in [7, 11) is 0. The molecule has 0 atom stereocenters. The second kappa shape index (κ2) is 4.22. The van der Waals surface area contributed by atoms with Crippen LogP contribution in [0, 0.1) is 0 Å². The number of H-pyrrole nitrogens is 1. The van der Waals surface area contributed by atoms with Gasteiger partial charge in [-0.1, -0.05) is 18.2 Å². The first-order valence-corrected chi connectivity index (χ1v) is 5.56. The minimum Gasteiger partial charge on any atom is -0.339 e. The Bertz CT molecular complexity index is 656. The Morgan fingerprint density at radius 2 is 1.94 bits per heavy atom. The first-order chi connectivity index (χ1) is 8.74. The number of hydrogen-bond donors (Lipinski definition) is 1. The molecule has 2 nitrogen and oxygen atoms in total. The van der Waals surface area contributed by atoms with Crippen molar-refractivity contribution >= 4 is 11.0 Å². The van der Waals surface area contributed by atoms with Crippen LogP contribution in [-0.2, 0) is 0 Å². The largest absolute Gasteiger partial charge is 0.339 e. The number of pyridine rings is 1. The third-order valence-corrected chi connectivity index (χ3v) is 2.84. The molecule has 2 heterocycles. The Balaban J connectivity index is 2.11. The Labute approximate surface area is 102 Å². The highest BCUT2D eigenvalue weighted by atomic mass is 19.3. The van der Waals surface area contributed by atoms with Crippen molar-refractivity contribution in [3.8, 4) is 11.3 Å². The second-order valence-electron chi connectivity index (χ2n) is 4.05. The lowest BCUT2D eigenvalue weighted by molar-refractivity contribution is 0.151. The summed E-state index contributed by atoms with van der Waals surface area (Å²) in [4.78, 5) is 7.30. The molecular weight excluding hydrogens is 234 g/mol. The van der Waals surface area contributed by atoms with Crippen molar-refractivity contribution in [1.82, 2.24) is 9.97 Å². The van der Waals surface area contributed by atoms with Crippen LogP contribution in [0.4, 0.5) is 8.78 Å². The van der Waals surface area contributed by atoms with Gasteiger partial charge in [-0.15, -0.1) is 0 Å². The summed E-state index contributed by atoms with van der Waals surface area (Å²) in [6.45, 7) is 0. The van der Waals surface area contributed by atoms with Crippen LogP contribution >= 0.6 is 0 Å². The van der Waals surface area contributed by atoms with Gasteiger partial charge < -0.3 is 4.98 Å². The van der Waals surface area contributed by atoms with Crippen molar-refractivity contribution < 1.29 is 8.78 Å². The molecule has 0 aliphatic carbocycles. The summed E-state index contributed by atoms with van der Waals surface area (Å²) < 4.78 is 25.3. The lowest BCUT2D eigenvalue weighted by Crippen LogP contribution is -1.85. The first-order valence-electron chi connectivity index (χ1n) is 5.56. The maximum Gasteiger partial charge on any atom is 0.263 e. The zero-order valence-electron chi connectivity index (χ0n) is 9.40. The van der Waals surface area contributed by atoms with Crippen LogP contribution in [0.1, 0.15) is 12.0 Å². The monoisotopic (exact) mass is 244 g/mol. The Kier molecular flexibility index (Phi) is 2.55. The minimum atomic E-state index is -2.45. The zero-order valence-corrected chi connectivity index (χ0v) is 9.40. The number of fused-ring (bicyclic) bond motifs is 1. The fourth-order valence-electron chi connectivity index (χ4n) is 1.96. The number of aromatic nitrogens is 2. The number of aromatic amines is 1. The molecule has 0 unspecified atom stereocenters. The topological polar surface area (TPSA) is 28.7 Å². The molecule has 1 N–H and O–H groups in total. The molecule has 0 aliphatic rings. The van der Waals surface area contributed by atoms with Gasteiger partial charge in [0.25, 0.3) is 6.43 Å². The van der Waals surface area contributed by atoms with Gasteiger partial charge in [0.05, 0.1) is 0 Å². The van der Waals surface area contributed by atoms with Crippen LogP contribution in [0.2, 0.25) is 0 Å². The Morgan fingerprint density at radius 3 is 2.72 bits per heavy atom. The maximum atomic E-state index is 12.6. The van der Waals surface area contributed by atoms with Gasteiger partial charge in [-0.25, -0.2) is 13.8 Å². The summed E-state index contributed by atoms with van der Waals surface area (Å²) in [5.41, 5.74) is 2.33. The summed E-state index contributed by atoms with van der Waals surface area (Å²) in [6.07, 6.45) is -0.759. The van der Waals surface area contributed by atoms with E-state index in [1.807, 2.05) is 18.2 Å². The molecule has 4 heteroatoms. The van der Waals surface area contributed by atoms with Crippen LogP contribution in [0.3, 0.4) is 0 Å². The third kappa shape index (κ3) is 1.86. The average molecular weight is 244 g/mol. The van der Waals surface area contributed by atoms with E-state index in [4.69, 9.17) is 0 Å². The van der Waals surface area contributed by atoms with Crippen molar-refractivity contribution in [2.24, 2.45) is 0 Å². The van der Waals surface area contributed by atoms with Gasteiger partial charge >= 0.3 is 0 Å². The molecule has 0 amide bonds. The quantitative estimate of drug-likeness (QED) is 0.720. The predicted octanol–water partition coefficient (Wildman–Crippen LogP) is 4.17. The first kappa shape index (κ1) is 10.9. The van der Waals surface area contributed by atoms with E-state index in [-0.39, 0.29) is 5.56 Å². The molecule has 0 fully saturated rings. The molecule has 18 heavy (non-hydrogen) atoms. The minimum absolute atomic E-state index is 0.0270. The highest BCUT2D eigenvalue weighted by molar-refractivity contribution is 5.82. The fraction of sp³-hybridized carbons (Fsp3) is 0.0714. The van der Waals surface area contributed by atoms with Crippen molar-refractivity contribution in [3.05, 3.63) is 54.2 Å². The molecule has 3 aromatic rings. The van der Waals surface area contributed by atoms with Crippen molar-refractivity contribution in [2.75, 3.05) is 0 Å². The summed E-state index contributed by atoms with van der Waals surface area (Å²) in [5.74, 6) is 0. The van der Waals surface area contributed by atoms with E-state index in [0.29, 0.717) is 0 Å². The summed E-state index contributed by atoms with van der Waals surface area (Å²) in [5, 5.41) is 0.968. The molecule has 0 aliphatic heterocycles. The van der Waals surface area contributed by atoms with Crippen molar-refractivity contribution in [1.29, 1.82) is 0 Å². The molecule has 0 saturated carbocycles. The summed E-state index contributed by atoms with van der Waals surface area (Å²) in [6, 6.07) is 12.0. The standard InChI is InChI=1S/C14H10F2N2/c15-13(16)10-4-1-3-9(7-10)12-8-11-5-2-6-17-14(11)18-12/h1-8,13H,(H,17,18). The number of nitrogens with zero attached hydrogens (tertiary/aromatic N) is 1. The molecule has 3 rings (SSSR count). The smallest absolute Gasteiger partial charge is 0.263 e. The highest BCUT2D eigenvalue weighted by Gasteiger charge is 2.09. The van der Waals surface area contributed by atoms with Crippen LogP contribution < -0.4 is 0 Å². The van der Waals surface area contributed by atoms with Crippen LogP contribution in [0.5, 0.6) is 0 Å². The van der Waals surface area contributed by atoms with Crippen molar-refractivity contribution in [3.63, 3.8) is 0 Å². The van der Waals surface area contributed by atoms with E-state index in [0.717, 1.165) is 22.3 Å². The number of benzene rings is 1. The van der Waals surface area contributed by atoms with Gasteiger partial charge in [-0.2, -0.15) is 0 Å². The molecule has 0 bridgehead atoms. The Morgan fingerprint density at radius 1 is 1.06 bits per heavy atom. The van der Waals surface area contributed by atoms with Crippen LogP contribution in [0.15, 0.2) is 48.7 Å². The molecule has 0 saturated heterocycles. The molecule has 0 radical (unpaired) electrons. The fourth-order valence-corrected chi connectivity index (χ4v) is 1.96. The van der Waals surface area contributed by atoms with Crippen molar-refractivity contribution in [2.45, 2.75) is 6.43 Å². The molecule has 90 valence electrons. The van der Waals surface area contributed by atoms with E-state index < -0.39 is 6.43 Å². The van der Waals surface area contributed by atoms with E-state index in [2.05, 4.69) is 9.97 Å². The molecule has 0 spiro atoms. The number of halogens is 2. The van der Waals surface area contributed by atoms with Gasteiger partial charge in [-0.3, -0.25) is 0 Å². The number of rotatable bonds is 2. The van der Waals surface area contributed by atoms with E-state index in [9.17, 15) is 8.78 Å². The zero-order chi connectivity index (χ0) is 12.5. The number of nitrogens with one attached hydrogen (secondary N) is 1. The normalized spacial score (nSPS) is 11.3. The predicted molar refractivity (Wildman–Crippen MR) is 66.5 cm³/mol. The van der Waals surface area contributed by atoms with Gasteiger partial charge in [-0.05, 0) is 29.8 Å². The van der Waals surface area contributed by atoms with Crippen LogP contribution in [0.25, 0.3) is 22.3 Å². The SMILES string of the molecule is FC(F)c1cccc(-c2cc3cccnc3[nH]2)c1. The lowest BCUT2D eigenvalue weighted by Gasteiger charge is -2.02. The molecular formula is C14H10F2N2. The van der Waals surface area contributed by atoms with E-state index in [1.54, 1.807) is 18.3 Å². The van der Waals surface area contributed by atoms with E-state index >= 15 is 0 Å². The number of alkyl halides is 2. The van der Waals surface area contributed by atoms with Crippen LogP contribution in [-0.4, -0.2) is 9.97 Å². The molecule has 1 aromatic carbocycles. The van der Waals surface area contributed by atoms with Gasteiger partial charge in [0, 0.05) is 22.8 Å². The third-order valence-electron chi connectivity index (χ3n) is 2.84. The second-order valence-corrected chi connectivity index (χ2v) is 4.05. The maximum absolute atomic E-state index is 12.6. The number of hydrogen-bond acceptors (Lipinski definition) is 1. The Hall–Kier alpha value is -2.23. The lowest BCUT2D eigenvalue weighted by atomic mass is 10.1. The van der Waals surface area contributed by atoms with E-state index in [1.165, 1.54) is 12.1 Å².